The first-order valence-electron chi connectivity index (χ1n) is 13.6. The Kier molecular flexibility index (Phi) is 7.45. The summed E-state index contributed by atoms with van der Waals surface area (Å²) < 4.78 is 6.23. The topological polar surface area (TPSA) is 53.0 Å². The van der Waals surface area contributed by atoms with Crippen LogP contribution in [-0.2, 0) is 4.74 Å². The number of anilines is 1. The van der Waals surface area contributed by atoms with Gasteiger partial charge in [-0.1, -0.05) is 43.5 Å². The van der Waals surface area contributed by atoms with Crippen LogP contribution in [0.5, 0.6) is 0 Å². The highest BCUT2D eigenvalue weighted by Crippen LogP contribution is 2.44. The first-order valence-corrected chi connectivity index (χ1v) is 13.6. The Balaban J connectivity index is 1.13. The van der Waals surface area contributed by atoms with E-state index in [1.54, 1.807) is 12.1 Å². The molecule has 2 aromatic carbocycles. The van der Waals surface area contributed by atoms with Crippen molar-refractivity contribution in [2.75, 3.05) is 38.2 Å². The Morgan fingerprint density at radius 3 is 1.94 bits per heavy atom. The van der Waals surface area contributed by atoms with Crippen LogP contribution in [0.3, 0.4) is 0 Å². The monoisotopic (exact) mass is 476 g/mol. The largest absolute Gasteiger partial charge is 0.478 e. The number of ether oxygens (including phenoxy) is 1. The number of carbonyl (C=O) groups is 1. The van der Waals surface area contributed by atoms with Crippen LogP contribution in [0.1, 0.15) is 68.1 Å². The van der Waals surface area contributed by atoms with E-state index in [9.17, 15) is 4.79 Å². The summed E-state index contributed by atoms with van der Waals surface area (Å²) in [5.74, 6) is -0.112. The zero-order chi connectivity index (χ0) is 24.3. The summed E-state index contributed by atoms with van der Waals surface area (Å²) in [6, 6.07) is 16.5. The number of hydrogen-bond acceptors (Lipinski definition) is 4. The van der Waals surface area contributed by atoms with Crippen LogP contribution in [0, 0.1) is 5.92 Å². The van der Waals surface area contributed by atoms with Crippen molar-refractivity contribution in [3.63, 3.8) is 0 Å². The van der Waals surface area contributed by atoms with E-state index in [0.29, 0.717) is 11.6 Å². The lowest BCUT2D eigenvalue weighted by Crippen LogP contribution is -2.54. The van der Waals surface area contributed by atoms with E-state index < -0.39 is 5.97 Å². The molecule has 5 nitrogen and oxygen atoms in total. The lowest BCUT2D eigenvalue weighted by Gasteiger charge is -2.49. The van der Waals surface area contributed by atoms with Crippen LogP contribution in [0.15, 0.2) is 48.5 Å². The number of rotatable bonds is 6. The Morgan fingerprint density at radius 2 is 1.40 bits per heavy atom. The van der Waals surface area contributed by atoms with Crippen molar-refractivity contribution in [1.29, 1.82) is 0 Å². The lowest BCUT2D eigenvalue weighted by atomic mass is 9.68. The smallest absolute Gasteiger partial charge is 0.335 e. The van der Waals surface area contributed by atoms with Gasteiger partial charge in [-0.15, -0.1) is 0 Å². The molecule has 0 unspecified atom stereocenters. The van der Waals surface area contributed by atoms with Crippen molar-refractivity contribution in [1.82, 2.24) is 4.90 Å². The zero-order valence-corrected chi connectivity index (χ0v) is 21.1. The maximum Gasteiger partial charge on any atom is 0.335 e. The number of aromatic carboxylic acids is 1. The van der Waals surface area contributed by atoms with E-state index >= 15 is 0 Å². The molecule has 1 N–H and O–H groups in total. The van der Waals surface area contributed by atoms with Crippen LogP contribution < -0.4 is 4.90 Å². The van der Waals surface area contributed by atoms with Gasteiger partial charge in [0.05, 0.1) is 11.2 Å². The summed E-state index contributed by atoms with van der Waals surface area (Å²) in [6.07, 6.45) is 11.9. The Labute approximate surface area is 210 Å². The van der Waals surface area contributed by atoms with Crippen LogP contribution in [-0.4, -0.2) is 60.9 Å². The lowest BCUT2D eigenvalue weighted by molar-refractivity contribution is -0.105. The molecule has 1 heterocycles. The maximum atomic E-state index is 11.1. The zero-order valence-electron chi connectivity index (χ0n) is 21.1. The van der Waals surface area contributed by atoms with E-state index in [0.717, 1.165) is 43.2 Å². The second kappa shape index (κ2) is 10.7. The molecule has 0 radical (unpaired) electrons. The number of nitrogens with zero attached hydrogens (tertiary/aromatic N) is 2. The quantitative estimate of drug-likeness (QED) is 0.547. The molecule has 0 bridgehead atoms. The number of benzene rings is 2. The molecule has 2 aliphatic carbocycles. The van der Waals surface area contributed by atoms with Crippen LogP contribution in [0.4, 0.5) is 5.69 Å². The first kappa shape index (κ1) is 24.3. The van der Waals surface area contributed by atoms with Gasteiger partial charge in [0.15, 0.2) is 0 Å². The fourth-order valence-corrected chi connectivity index (χ4v) is 6.88. The van der Waals surface area contributed by atoms with Gasteiger partial charge in [-0.3, -0.25) is 4.90 Å². The van der Waals surface area contributed by atoms with Gasteiger partial charge in [-0.2, -0.15) is 0 Å². The molecule has 2 saturated carbocycles. The fraction of sp³-hybridized carbons (Fsp3) is 0.567. The minimum atomic E-state index is -0.887. The van der Waals surface area contributed by atoms with Crippen molar-refractivity contribution in [3.05, 3.63) is 54.1 Å². The molecule has 1 saturated heterocycles. The van der Waals surface area contributed by atoms with Crippen molar-refractivity contribution >= 4 is 11.7 Å². The minimum absolute atomic E-state index is 0.147. The Morgan fingerprint density at radius 1 is 0.829 bits per heavy atom. The number of carboxylic acids is 1. The summed E-state index contributed by atoms with van der Waals surface area (Å²) in [5.41, 5.74) is 3.90. The van der Waals surface area contributed by atoms with Gasteiger partial charge in [-0.25, -0.2) is 4.79 Å². The number of hydrogen-bond donors (Lipinski definition) is 1. The summed E-state index contributed by atoms with van der Waals surface area (Å²) >= 11 is 0. The highest BCUT2D eigenvalue weighted by atomic mass is 16.5. The van der Waals surface area contributed by atoms with Gasteiger partial charge in [-0.05, 0) is 79.8 Å². The van der Waals surface area contributed by atoms with Crippen molar-refractivity contribution in [2.45, 2.75) is 69.4 Å². The molecule has 0 atom stereocenters. The van der Waals surface area contributed by atoms with Crippen LogP contribution >= 0.6 is 0 Å². The number of piperazine rings is 1. The molecule has 1 aliphatic heterocycles. The van der Waals surface area contributed by atoms with E-state index in [4.69, 9.17) is 9.84 Å². The normalized spacial score (nSPS) is 26.5. The molecule has 0 aromatic heterocycles. The van der Waals surface area contributed by atoms with Gasteiger partial charge in [0.25, 0.3) is 0 Å². The third-order valence-corrected chi connectivity index (χ3v) is 9.09. The molecule has 3 aliphatic rings. The summed E-state index contributed by atoms with van der Waals surface area (Å²) in [6.45, 7) is 4.40. The van der Waals surface area contributed by atoms with Gasteiger partial charge in [0, 0.05) is 45.0 Å². The molecule has 2 aromatic rings. The van der Waals surface area contributed by atoms with E-state index in [1.165, 1.54) is 63.5 Å². The molecular formula is C30H40N2O3. The highest BCUT2D eigenvalue weighted by Gasteiger charge is 2.43. The average Bonchev–Trinajstić information content (AvgIpc) is 2.94. The molecule has 0 amide bonds. The van der Waals surface area contributed by atoms with Gasteiger partial charge in [0.2, 0.25) is 0 Å². The standard InChI is InChI=1S/C30H40N2O3/c1-35-30(26-5-3-2-4-6-26)17-15-28(16-18-30)32-21-19-31(20-22-32)27-13-11-24(12-14-27)23-7-9-25(10-8-23)29(33)34/h7-14,26,28H,2-6,15-22H2,1H3,(H,33,34)/t28-,30+. The third-order valence-electron chi connectivity index (χ3n) is 9.09. The first-order chi connectivity index (χ1) is 17.1. The number of methoxy groups -OCH3 is 1. The molecule has 35 heavy (non-hydrogen) atoms. The van der Waals surface area contributed by atoms with Crippen molar-refractivity contribution in [2.24, 2.45) is 5.92 Å². The molecule has 0 spiro atoms. The van der Waals surface area contributed by atoms with Crippen LogP contribution in [0.2, 0.25) is 0 Å². The number of carboxylic acid groups (broad SMARTS) is 1. The minimum Gasteiger partial charge on any atom is -0.478 e. The predicted molar refractivity (Wildman–Crippen MR) is 141 cm³/mol. The highest BCUT2D eigenvalue weighted by molar-refractivity contribution is 5.88. The molecule has 188 valence electrons. The van der Waals surface area contributed by atoms with Gasteiger partial charge < -0.3 is 14.7 Å². The second-order valence-electron chi connectivity index (χ2n) is 10.8. The molecule has 3 fully saturated rings. The molecule has 5 heteroatoms. The molecule has 5 rings (SSSR count). The maximum absolute atomic E-state index is 11.1. The molecular weight excluding hydrogens is 436 g/mol. The second-order valence-corrected chi connectivity index (χ2v) is 10.8. The van der Waals surface area contributed by atoms with Crippen LogP contribution in [0.25, 0.3) is 11.1 Å². The van der Waals surface area contributed by atoms with Gasteiger partial charge in [0.1, 0.15) is 0 Å². The summed E-state index contributed by atoms with van der Waals surface area (Å²) in [7, 11) is 1.96. The van der Waals surface area contributed by atoms with E-state index in [2.05, 4.69) is 34.1 Å². The average molecular weight is 477 g/mol. The van der Waals surface area contributed by atoms with E-state index in [1.807, 2.05) is 19.2 Å². The summed E-state index contributed by atoms with van der Waals surface area (Å²) in [5, 5.41) is 9.10. The summed E-state index contributed by atoms with van der Waals surface area (Å²) in [4.78, 5) is 16.3. The fourth-order valence-electron chi connectivity index (χ4n) is 6.88. The Bertz CT molecular complexity index is 966. The SMILES string of the molecule is CO[C@]1(C2CCCCC2)CC[C@H](N2CCN(c3ccc(-c4ccc(C(=O)O)cc4)cc3)CC2)CC1. The Hall–Kier alpha value is -2.37. The van der Waals surface area contributed by atoms with Crippen molar-refractivity contribution < 1.29 is 14.6 Å². The van der Waals surface area contributed by atoms with Crippen molar-refractivity contribution in [3.8, 4) is 11.1 Å². The van der Waals surface area contributed by atoms with Gasteiger partial charge >= 0.3 is 5.97 Å². The third kappa shape index (κ3) is 5.26. The predicted octanol–water partition coefficient (Wildman–Crippen LogP) is 6.08. The van der Waals surface area contributed by atoms with E-state index in [-0.39, 0.29) is 5.60 Å².